The van der Waals surface area contributed by atoms with E-state index in [1.807, 2.05) is 24.5 Å². The Balaban J connectivity index is 1.37. The highest BCUT2D eigenvalue weighted by Crippen LogP contribution is 2.32. The van der Waals surface area contributed by atoms with Gasteiger partial charge in [-0.05, 0) is 63.4 Å². The maximum absolute atomic E-state index is 5.16. The topological polar surface area (TPSA) is 58.0 Å². The lowest BCUT2D eigenvalue weighted by Gasteiger charge is -2.34. The molecule has 0 N–H and O–H groups in total. The molecule has 31 heavy (non-hydrogen) atoms. The molecule has 1 saturated heterocycles. The van der Waals surface area contributed by atoms with Crippen molar-refractivity contribution in [3.63, 3.8) is 0 Å². The minimum Gasteiger partial charge on any atom is -0.350 e. The van der Waals surface area contributed by atoms with Crippen molar-refractivity contribution in [2.75, 3.05) is 24.5 Å². The molecule has 0 bridgehead atoms. The van der Waals surface area contributed by atoms with Crippen LogP contribution in [0.3, 0.4) is 0 Å². The third-order valence-corrected chi connectivity index (χ3v) is 6.43. The van der Waals surface area contributed by atoms with E-state index in [1.54, 1.807) is 0 Å². The summed E-state index contributed by atoms with van der Waals surface area (Å²) in [5.74, 6) is 2.51. The lowest BCUT2D eigenvalue weighted by molar-refractivity contribution is 0.194. The number of hydrogen-bond acceptors (Lipinski definition) is 6. The molecule has 0 aromatic carbocycles. The van der Waals surface area contributed by atoms with E-state index in [0.29, 0.717) is 5.92 Å². The van der Waals surface area contributed by atoms with E-state index in [1.165, 1.54) is 12.0 Å². The molecule has 1 unspecified atom stereocenters. The van der Waals surface area contributed by atoms with E-state index in [0.717, 1.165) is 80.7 Å². The third-order valence-electron chi connectivity index (χ3n) is 6.43. The number of pyridine rings is 2. The first-order valence-corrected chi connectivity index (χ1v) is 11.4. The van der Waals surface area contributed by atoms with Crippen LogP contribution in [0.25, 0.3) is 0 Å². The van der Waals surface area contributed by atoms with Crippen LogP contribution in [0.4, 0.5) is 5.82 Å². The highest BCUT2D eigenvalue weighted by atomic mass is 15.2. The number of anilines is 1. The van der Waals surface area contributed by atoms with Crippen LogP contribution in [0.15, 0.2) is 48.8 Å². The molecule has 1 atom stereocenters. The molecule has 0 spiro atoms. The number of piperidine rings is 1. The van der Waals surface area contributed by atoms with Crippen molar-refractivity contribution in [2.24, 2.45) is 0 Å². The van der Waals surface area contributed by atoms with Gasteiger partial charge in [0.15, 0.2) is 0 Å². The van der Waals surface area contributed by atoms with Crippen molar-refractivity contribution in [3.05, 3.63) is 77.3 Å². The first kappa shape index (κ1) is 20.1. The Hall–Kier alpha value is -2.86. The van der Waals surface area contributed by atoms with Crippen LogP contribution in [0.1, 0.15) is 53.7 Å². The zero-order chi connectivity index (χ0) is 21.0. The lowest BCUT2D eigenvalue weighted by atomic mass is 9.96. The van der Waals surface area contributed by atoms with Gasteiger partial charge in [0.1, 0.15) is 11.6 Å². The van der Waals surface area contributed by atoms with Gasteiger partial charge in [0.2, 0.25) is 0 Å². The van der Waals surface area contributed by atoms with Crippen molar-refractivity contribution in [1.29, 1.82) is 0 Å². The zero-order valence-corrected chi connectivity index (χ0v) is 18.2. The van der Waals surface area contributed by atoms with E-state index >= 15 is 0 Å². The summed E-state index contributed by atoms with van der Waals surface area (Å²) in [4.78, 5) is 24.1. The molecule has 160 valence electrons. The van der Waals surface area contributed by atoms with Gasteiger partial charge < -0.3 is 4.90 Å². The molecule has 5 heterocycles. The number of hydrogen-bond donors (Lipinski definition) is 0. The van der Waals surface area contributed by atoms with E-state index < -0.39 is 0 Å². The van der Waals surface area contributed by atoms with Crippen molar-refractivity contribution in [2.45, 2.75) is 51.6 Å². The molecule has 0 saturated carbocycles. The summed E-state index contributed by atoms with van der Waals surface area (Å²) in [5, 5.41) is 0. The molecule has 3 aromatic rings. The average Bonchev–Trinajstić information content (AvgIpc) is 2.81. The second-order valence-electron chi connectivity index (χ2n) is 8.71. The second-order valence-corrected chi connectivity index (χ2v) is 8.71. The Labute approximate surface area is 184 Å². The average molecular weight is 415 g/mol. The second kappa shape index (κ2) is 9.10. The zero-order valence-electron chi connectivity index (χ0n) is 18.2. The van der Waals surface area contributed by atoms with Crippen LogP contribution in [0, 0.1) is 6.92 Å². The van der Waals surface area contributed by atoms with Crippen LogP contribution in [0.5, 0.6) is 0 Å². The SMILES string of the molecule is Cc1nc(C2CCCN(Cc3ccccn3)C2)nc2c1CCCN2Cc1ccccn1. The quantitative estimate of drug-likeness (QED) is 0.631. The largest absolute Gasteiger partial charge is 0.350 e. The van der Waals surface area contributed by atoms with Gasteiger partial charge in [-0.3, -0.25) is 14.9 Å². The molecule has 2 aliphatic rings. The molecule has 1 fully saturated rings. The number of aryl methyl sites for hydroxylation is 1. The predicted octanol–water partition coefficient (Wildman–Crippen LogP) is 3.91. The molecule has 5 rings (SSSR count). The summed E-state index contributed by atoms with van der Waals surface area (Å²) in [6.07, 6.45) is 8.28. The highest BCUT2D eigenvalue weighted by molar-refractivity contribution is 5.51. The molecule has 2 aliphatic heterocycles. The number of aromatic nitrogens is 4. The van der Waals surface area contributed by atoms with Crippen LogP contribution in [-0.4, -0.2) is 44.5 Å². The van der Waals surface area contributed by atoms with Crippen LogP contribution < -0.4 is 4.90 Å². The van der Waals surface area contributed by atoms with Crippen LogP contribution in [0.2, 0.25) is 0 Å². The Kier molecular flexibility index (Phi) is 5.89. The van der Waals surface area contributed by atoms with Gasteiger partial charge in [-0.2, -0.15) is 0 Å². The first-order valence-electron chi connectivity index (χ1n) is 11.4. The summed E-state index contributed by atoms with van der Waals surface area (Å²) in [6, 6.07) is 12.3. The predicted molar refractivity (Wildman–Crippen MR) is 122 cm³/mol. The van der Waals surface area contributed by atoms with Gasteiger partial charge in [-0.15, -0.1) is 0 Å². The van der Waals surface area contributed by atoms with E-state index in [2.05, 4.69) is 51.0 Å². The summed E-state index contributed by atoms with van der Waals surface area (Å²) >= 11 is 0. The number of fused-ring (bicyclic) bond motifs is 1. The van der Waals surface area contributed by atoms with Gasteiger partial charge in [-0.1, -0.05) is 12.1 Å². The van der Waals surface area contributed by atoms with Gasteiger partial charge in [-0.25, -0.2) is 9.97 Å². The lowest BCUT2D eigenvalue weighted by Crippen LogP contribution is -2.36. The van der Waals surface area contributed by atoms with Crippen molar-refractivity contribution >= 4 is 5.82 Å². The van der Waals surface area contributed by atoms with E-state index in [9.17, 15) is 0 Å². The highest BCUT2D eigenvalue weighted by Gasteiger charge is 2.28. The summed E-state index contributed by atoms with van der Waals surface area (Å²) in [7, 11) is 0. The molecule has 6 heteroatoms. The third kappa shape index (κ3) is 4.59. The Morgan fingerprint density at radius 2 is 1.68 bits per heavy atom. The fraction of sp³-hybridized carbons (Fsp3) is 0.440. The van der Waals surface area contributed by atoms with Crippen LogP contribution >= 0.6 is 0 Å². The summed E-state index contributed by atoms with van der Waals surface area (Å²) in [5.41, 5.74) is 4.68. The van der Waals surface area contributed by atoms with Crippen LogP contribution in [-0.2, 0) is 19.5 Å². The molecular weight excluding hydrogens is 384 g/mol. The Morgan fingerprint density at radius 3 is 2.42 bits per heavy atom. The summed E-state index contributed by atoms with van der Waals surface area (Å²) < 4.78 is 0. The maximum atomic E-state index is 5.16. The van der Waals surface area contributed by atoms with E-state index in [4.69, 9.17) is 9.97 Å². The molecule has 0 aliphatic carbocycles. The molecular formula is C25H30N6. The van der Waals surface area contributed by atoms with Crippen molar-refractivity contribution in [3.8, 4) is 0 Å². The standard InChI is InChI=1S/C25H30N6/c1-19-23-11-7-15-31(18-22-10-3-5-13-27-22)25(23)29-24(28-19)20-8-6-14-30(16-20)17-21-9-2-4-12-26-21/h2-5,9-10,12-13,20H,6-8,11,14-18H2,1H3. The number of likely N-dealkylation sites (tertiary alicyclic amines) is 1. The van der Waals surface area contributed by atoms with Gasteiger partial charge in [0.25, 0.3) is 0 Å². The maximum Gasteiger partial charge on any atom is 0.136 e. The van der Waals surface area contributed by atoms with Crippen molar-refractivity contribution in [1.82, 2.24) is 24.8 Å². The van der Waals surface area contributed by atoms with E-state index in [-0.39, 0.29) is 0 Å². The fourth-order valence-corrected chi connectivity index (χ4v) is 4.86. The van der Waals surface area contributed by atoms with Crippen molar-refractivity contribution < 1.29 is 0 Å². The number of nitrogens with zero attached hydrogens (tertiary/aromatic N) is 6. The smallest absolute Gasteiger partial charge is 0.136 e. The first-order chi connectivity index (χ1) is 15.3. The monoisotopic (exact) mass is 414 g/mol. The number of rotatable bonds is 5. The Bertz CT molecular complexity index is 1010. The molecule has 0 radical (unpaired) electrons. The minimum absolute atomic E-state index is 0.375. The molecule has 0 amide bonds. The molecule has 3 aromatic heterocycles. The van der Waals surface area contributed by atoms with Gasteiger partial charge >= 0.3 is 0 Å². The molecule has 6 nitrogen and oxygen atoms in total. The Morgan fingerprint density at radius 1 is 0.903 bits per heavy atom. The van der Waals surface area contributed by atoms with Gasteiger partial charge in [0, 0.05) is 49.2 Å². The normalized spacial score (nSPS) is 19.3. The minimum atomic E-state index is 0.375. The summed E-state index contributed by atoms with van der Waals surface area (Å²) in [6.45, 7) is 6.99. The van der Waals surface area contributed by atoms with Gasteiger partial charge in [0.05, 0.1) is 17.9 Å². The fourth-order valence-electron chi connectivity index (χ4n) is 4.86.